The highest BCUT2D eigenvalue weighted by molar-refractivity contribution is 7.47. The van der Waals surface area contributed by atoms with E-state index in [4.69, 9.17) is 14.8 Å². The number of aliphatic hydroxyl groups is 1. The lowest BCUT2D eigenvalue weighted by Gasteiger charge is -2.23. The molecule has 5 N–H and O–H groups in total. The third-order valence-corrected chi connectivity index (χ3v) is 11.0. The molecule has 0 bridgehead atoms. The highest BCUT2D eigenvalue weighted by Gasteiger charge is 2.26. The molecule has 0 aliphatic heterocycles. The Balaban J connectivity index is 4.25. The third kappa shape index (κ3) is 42.1. The van der Waals surface area contributed by atoms with Crippen molar-refractivity contribution < 1.29 is 28.4 Å². The maximum atomic E-state index is 12.8. The third-order valence-electron chi connectivity index (χ3n) is 10.0. The Bertz CT molecular complexity index is 1130. The Labute approximate surface area is 357 Å². The van der Waals surface area contributed by atoms with Gasteiger partial charge in [-0.15, -0.1) is 0 Å². The van der Waals surface area contributed by atoms with Crippen molar-refractivity contribution in [2.45, 2.75) is 212 Å². The summed E-state index contributed by atoms with van der Waals surface area (Å²) in [6.07, 6.45) is 58.1. The van der Waals surface area contributed by atoms with Crippen LogP contribution in [-0.2, 0) is 18.4 Å². The van der Waals surface area contributed by atoms with Gasteiger partial charge in [-0.25, -0.2) is 4.57 Å². The molecule has 0 aromatic heterocycles. The number of hydrogen-bond donors (Lipinski definition) is 4. The molecule has 336 valence electrons. The van der Waals surface area contributed by atoms with Crippen molar-refractivity contribution in [2.75, 3.05) is 19.8 Å². The first-order valence-electron chi connectivity index (χ1n) is 23.6. The number of unbranched alkanes of at least 4 members (excludes halogenated alkanes) is 21. The average molecular weight is 833 g/mol. The zero-order valence-electron chi connectivity index (χ0n) is 37.3. The smallest absolute Gasteiger partial charge is 0.387 e. The summed E-state index contributed by atoms with van der Waals surface area (Å²) in [4.78, 5) is 22.7. The van der Waals surface area contributed by atoms with Crippen molar-refractivity contribution in [1.82, 2.24) is 5.32 Å². The predicted molar refractivity (Wildman–Crippen MR) is 249 cm³/mol. The van der Waals surface area contributed by atoms with E-state index in [2.05, 4.69) is 79.9 Å². The minimum Gasteiger partial charge on any atom is -0.387 e. The van der Waals surface area contributed by atoms with Gasteiger partial charge in [-0.2, -0.15) is 0 Å². The average Bonchev–Trinajstić information content (AvgIpc) is 3.21. The predicted octanol–water partition coefficient (Wildman–Crippen LogP) is 13.6. The van der Waals surface area contributed by atoms with Crippen LogP contribution in [0.15, 0.2) is 72.9 Å². The van der Waals surface area contributed by atoms with Gasteiger partial charge in [0.15, 0.2) is 0 Å². The molecule has 0 saturated heterocycles. The Morgan fingerprint density at radius 1 is 0.586 bits per heavy atom. The number of amides is 1. The molecule has 0 radical (unpaired) electrons. The number of hydrogen-bond acceptors (Lipinski definition) is 6. The largest absolute Gasteiger partial charge is 0.472 e. The normalized spacial score (nSPS) is 14.6. The second kappa shape index (κ2) is 44.5. The van der Waals surface area contributed by atoms with Gasteiger partial charge in [0.05, 0.1) is 25.4 Å². The number of phosphoric acid groups is 1. The van der Waals surface area contributed by atoms with Crippen molar-refractivity contribution in [3.63, 3.8) is 0 Å². The summed E-state index contributed by atoms with van der Waals surface area (Å²) in [6.45, 7) is 4.00. The van der Waals surface area contributed by atoms with Crippen LogP contribution >= 0.6 is 7.82 Å². The van der Waals surface area contributed by atoms with Crippen LogP contribution in [0.25, 0.3) is 0 Å². The Morgan fingerprint density at radius 3 is 1.47 bits per heavy atom. The Morgan fingerprint density at radius 2 is 1.00 bits per heavy atom. The van der Waals surface area contributed by atoms with Gasteiger partial charge in [-0.1, -0.05) is 202 Å². The first-order chi connectivity index (χ1) is 28.4. The number of nitrogens with two attached hydrogens (primary N) is 1. The second-order valence-corrected chi connectivity index (χ2v) is 17.0. The minimum atomic E-state index is -4.36. The number of aliphatic hydroxyl groups excluding tert-OH is 1. The lowest BCUT2D eigenvalue weighted by atomic mass is 10.0. The van der Waals surface area contributed by atoms with Gasteiger partial charge < -0.3 is 21.1 Å². The van der Waals surface area contributed by atoms with Crippen LogP contribution in [0.2, 0.25) is 0 Å². The molecule has 0 aromatic rings. The van der Waals surface area contributed by atoms with E-state index in [0.29, 0.717) is 12.8 Å². The van der Waals surface area contributed by atoms with E-state index in [1.807, 2.05) is 6.08 Å². The molecule has 0 spiro atoms. The first-order valence-corrected chi connectivity index (χ1v) is 25.1. The van der Waals surface area contributed by atoms with Crippen LogP contribution in [0.4, 0.5) is 0 Å². The lowest BCUT2D eigenvalue weighted by molar-refractivity contribution is -0.123. The van der Waals surface area contributed by atoms with Crippen molar-refractivity contribution in [2.24, 2.45) is 5.73 Å². The maximum absolute atomic E-state index is 12.8. The standard InChI is InChI=1S/C49H89N2O6P/c1-3-5-7-9-11-13-15-17-19-21-23-25-26-28-30-32-34-36-38-40-42-48(52)47(46-57-58(54,55)56-45-44-50)51-49(53)43-41-39-37-35-33-31-29-27-24-22-20-18-16-14-12-10-8-6-4-2/h6,8,12,14,18,20,24,27,31,33,40,42,47-48,52H,3-5,7,9-11,13,15-17,19,21-23,25-26,28-30,32,34-39,41,43-46,50H2,1-2H3,(H,51,53)(H,54,55)/b8-6-,14-12-,20-18-,27-24-,33-31-,42-40+. The number of phosphoric ester groups is 1. The van der Waals surface area contributed by atoms with Gasteiger partial charge in [0, 0.05) is 13.0 Å². The van der Waals surface area contributed by atoms with Crippen molar-refractivity contribution >= 4 is 13.7 Å². The summed E-state index contributed by atoms with van der Waals surface area (Å²) in [5.41, 5.74) is 5.38. The van der Waals surface area contributed by atoms with Gasteiger partial charge >= 0.3 is 7.82 Å². The molecule has 0 heterocycles. The van der Waals surface area contributed by atoms with E-state index < -0.39 is 20.0 Å². The topological polar surface area (TPSA) is 131 Å². The van der Waals surface area contributed by atoms with Crippen molar-refractivity contribution in [1.29, 1.82) is 0 Å². The van der Waals surface area contributed by atoms with E-state index in [0.717, 1.165) is 70.6 Å². The molecule has 0 rings (SSSR count). The number of carbonyl (C=O) groups is 1. The molecular formula is C49H89N2O6P. The van der Waals surface area contributed by atoms with Gasteiger partial charge in [-0.05, 0) is 64.2 Å². The van der Waals surface area contributed by atoms with Crippen LogP contribution in [0.3, 0.4) is 0 Å². The molecule has 0 fully saturated rings. The van der Waals surface area contributed by atoms with E-state index >= 15 is 0 Å². The summed E-state index contributed by atoms with van der Waals surface area (Å²) in [5.74, 6) is -0.227. The molecule has 0 aliphatic rings. The second-order valence-electron chi connectivity index (χ2n) is 15.6. The summed E-state index contributed by atoms with van der Waals surface area (Å²) in [5, 5.41) is 13.7. The summed E-state index contributed by atoms with van der Waals surface area (Å²) < 4.78 is 22.2. The molecule has 3 unspecified atom stereocenters. The number of rotatable bonds is 43. The fraction of sp³-hybridized carbons (Fsp3) is 0.735. The van der Waals surface area contributed by atoms with Gasteiger partial charge in [0.2, 0.25) is 5.91 Å². The number of nitrogens with one attached hydrogen (secondary N) is 1. The van der Waals surface area contributed by atoms with Crippen LogP contribution in [-0.4, -0.2) is 47.8 Å². The Kier molecular flexibility index (Phi) is 42.9. The zero-order chi connectivity index (χ0) is 42.5. The van der Waals surface area contributed by atoms with Gasteiger partial charge in [-0.3, -0.25) is 13.8 Å². The minimum absolute atomic E-state index is 0.0694. The van der Waals surface area contributed by atoms with Gasteiger partial charge in [0.1, 0.15) is 0 Å². The zero-order valence-corrected chi connectivity index (χ0v) is 38.2. The fourth-order valence-corrected chi connectivity index (χ4v) is 7.27. The molecule has 9 heteroatoms. The molecular weight excluding hydrogens is 744 g/mol. The summed E-state index contributed by atoms with van der Waals surface area (Å²) >= 11 is 0. The number of allylic oxidation sites excluding steroid dienone is 11. The molecule has 58 heavy (non-hydrogen) atoms. The highest BCUT2D eigenvalue weighted by Crippen LogP contribution is 2.43. The fourth-order valence-electron chi connectivity index (χ4n) is 6.51. The molecule has 8 nitrogen and oxygen atoms in total. The maximum Gasteiger partial charge on any atom is 0.472 e. The highest BCUT2D eigenvalue weighted by atomic mass is 31.2. The van der Waals surface area contributed by atoms with Crippen LogP contribution in [0.1, 0.15) is 200 Å². The van der Waals surface area contributed by atoms with E-state index in [-0.39, 0.29) is 25.7 Å². The van der Waals surface area contributed by atoms with Gasteiger partial charge in [0.25, 0.3) is 0 Å². The van der Waals surface area contributed by atoms with E-state index in [1.54, 1.807) is 6.08 Å². The van der Waals surface area contributed by atoms with Crippen molar-refractivity contribution in [3.8, 4) is 0 Å². The quantitative estimate of drug-likeness (QED) is 0.0273. The van der Waals surface area contributed by atoms with E-state index in [9.17, 15) is 19.4 Å². The van der Waals surface area contributed by atoms with Crippen LogP contribution in [0.5, 0.6) is 0 Å². The first kappa shape index (κ1) is 55.9. The SMILES string of the molecule is CC/C=C\C/C=C\C/C=C\C/C=C\C/C=C\CCCCCC(=O)NC(COP(=O)(O)OCCN)C(O)/C=C/CCCCCCCCCCCCCCCCCCCC. The molecule has 0 saturated carbocycles. The molecule has 0 aromatic carbocycles. The molecule has 1 amide bonds. The summed E-state index contributed by atoms with van der Waals surface area (Å²) in [6, 6.07) is -0.882. The van der Waals surface area contributed by atoms with Crippen molar-refractivity contribution in [3.05, 3.63) is 72.9 Å². The molecule has 0 aliphatic carbocycles. The van der Waals surface area contributed by atoms with Crippen LogP contribution < -0.4 is 11.1 Å². The molecule has 3 atom stereocenters. The monoisotopic (exact) mass is 833 g/mol. The lowest BCUT2D eigenvalue weighted by Crippen LogP contribution is -2.45. The summed E-state index contributed by atoms with van der Waals surface area (Å²) in [7, 11) is -4.36. The number of carbonyl (C=O) groups excluding carboxylic acids is 1. The van der Waals surface area contributed by atoms with Crippen LogP contribution in [0, 0.1) is 0 Å². The Hall–Kier alpha value is -2.06. The van der Waals surface area contributed by atoms with E-state index in [1.165, 1.54) is 103 Å².